The third-order valence-corrected chi connectivity index (χ3v) is 7.78. The Balaban J connectivity index is 1.53. The van der Waals surface area contributed by atoms with Gasteiger partial charge in [0.2, 0.25) is 15.9 Å². The number of sulfonamides is 1. The summed E-state index contributed by atoms with van der Waals surface area (Å²) < 4.78 is 33.6. The van der Waals surface area contributed by atoms with Crippen molar-refractivity contribution in [2.45, 2.75) is 38.5 Å². The lowest BCUT2D eigenvalue weighted by atomic mass is 9.98. The number of carbonyl (C=O) groups is 2. The molecule has 2 amide bonds. The molecular formula is C23H27N3O5S. The average Bonchev–Trinajstić information content (AvgIpc) is 2.72. The summed E-state index contributed by atoms with van der Waals surface area (Å²) in [7, 11) is -3.83. The Labute approximate surface area is 188 Å². The first kappa shape index (κ1) is 22.3. The zero-order valence-electron chi connectivity index (χ0n) is 18.4. The molecule has 1 fully saturated rings. The normalized spacial score (nSPS) is 19.0. The number of amides is 2. The average molecular weight is 458 g/mol. The van der Waals surface area contributed by atoms with Gasteiger partial charge in [-0.2, -0.15) is 4.31 Å². The molecule has 2 N–H and O–H groups in total. The van der Waals surface area contributed by atoms with E-state index in [0.29, 0.717) is 36.4 Å². The van der Waals surface area contributed by atoms with Crippen LogP contribution in [-0.2, 0) is 19.6 Å². The summed E-state index contributed by atoms with van der Waals surface area (Å²) in [5.41, 5.74) is 3.79. The standard InChI is InChI=1S/C23H27N3O5S/c1-14-7-15(2)9-18(8-14)24-23(28)17-5-4-6-26(12-17)32(29,30)21-11-20-19(10-16(21)3)25-22(27)13-31-20/h7-11,17H,4-6,12-13H2,1-3H3,(H,24,28)(H,25,27)/t17-/m0/s1. The lowest BCUT2D eigenvalue weighted by Gasteiger charge is -2.32. The second-order valence-corrected chi connectivity index (χ2v) is 10.4. The van der Waals surface area contributed by atoms with Gasteiger partial charge >= 0.3 is 0 Å². The number of fused-ring (bicyclic) bond motifs is 1. The Kier molecular flexibility index (Phi) is 5.96. The van der Waals surface area contributed by atoms with Crippen molar-refractivity contribution in [3.8, 4) is 5.75 Å². The van der Waals surface area contributed by atoms with Crippen molar-refractivity contribution in [2.75, 3.05) is 30.3 Å². The molecule has 1 atom stereocenters. The Bertz CT molecular complexity index is 1170. The maximum absolute atomic E-state index is 13.4. The molecule has 32 heavy (non-hydrogen) atoms. The molecule has 2 aliphatic rings. The lowest BCUT2D eigenvalue weighted by molar-refractivity contribution is -0.121. The lowest BCUT2D eigenvalue weighted by Crippen LogP contribution is -2.43. The van der Waals surface area contributed by atoms with Crippen molar-refractivity contribution in [1.29, 1.82) is 0 Å². The minimum Gasteiger partial charge on any atom is -0.482 e. The maximum Gasteiger partial charge on any atom is 0.262 e. The van der Waals surface area contributed by atoms with Crippen LogP contribution in [0, 0.1) is 26.7 Å². The first-order valence-electron chi connectivity index (χ1n) is 10.6. The van der Waals surface area contributed by atoms with Crippen molar-refractivity contribution in [3.05, 3.63) is 47.0 Å². The number of benzene rings is 2. The number of nitrogens with zero attached hydrogens (tertiary/aromatic N) is 1. The number of ether oxygens (including phenoxy) is 1. The summed E-state index contributed by atoms with van der Waals surface area (Å²) in [6.07, 6.45) is 1.22. The molecular weight excluding hydrogens is 430 g/mol. The molecule has 0 aliphatic carbocycles. The Morgan fingerprint density at radius 2 is 1.84 bits per heavy atom. The van der Waals surface area contributed by atoms with E-state index in [1.807, 2.05) is 32.0 Å². The number of piperidine rings is 1. The van der Waals surface area contributed by atoms with Crippen molar-refractivity contribution in [3.63, 3.8) is 0 Å². The number of hydrogen-bond acceptors (Lipinski definition) is 5. The smallest absolute Gasteiger partial charge is 0.262 e. The van der Waals surface area contributed by atoms with Gasteiger partial charge in [0.1, 0.15) is 5.75 Å². The molecule has 0 spiro atoms. The predicted octanol–water partition coefficient (Wildman–Crippen LogP) is 2.98. The molecule has 2 heterocycles. The summed E-state index contributed by atoms with van der Waals surface area (Å²) in [5.74, 6) is -0.563. The molecule has 170 valence electrons. The molecule has 0 aromatic heterocycles. The number of aryl methyl sites for hydroxylation is 3. The SMILES string of the molecule is Cc1cc(C)cc(NC(=O)[C@H]2CCCN(S(=O)(=O)c3cc4c(cc3C)NC(=O)CO4)C2)c1. The van der Waals surface area contributed by atoms with Gasteiger partial charge < -0.3 is 15.4 Å². The van der Waals surface area contributed by atoms with Crippen LogP contribution < -0.4 is 15.4 Å². The van der Waals surface area contributed by atoms with Gasteiger partial charge in [-0.05, 0) is 68.5 Å². The maximum atomic E-state index is 13.4. The van der Waals surface area contributed by atoms with Crippen molar-refractivity contribution < 1.29 is 22.7 Å². The van der Waals surface area contributed by atoms with E-state index in [2.05, 4.69) is 10.6 Å². The highest BCUT2D eigenvalue weighted by Crippen LogP contribution is 2.35. The van der Waals surface area contributed by atoms with E-state index in [1.54, 1.807) is 13.0 Å². The van der Waals surface area contributed by atoms with Gasteiger partial charge in [0.15, 0.2) is 6.61 Å². The Hall–Kier alpha value is -2.91. The number of anilines is 2. The fourth-order valence-corrected chi connectivity index (χ4v) is 6.04. The molecule has 0 radical (unpaired) electrons. The molecule has 8 nitrogen and oxygen atoms in total. The van der Waals surface area contributed by atoms with E-state index in [-0.39, 0.29) is 29.9 Å². The van der Waals surface area contributed by atoms with E-state index in [4.69, 9.17) is 4.74 Å². The summed E-state index contributed by atoms with van der Waals surface area (Å²) in [5, 5.41) is 5.63. The zero-order valence-corrected chi connectivity index (χ0v) is 19.2. The minimum absolute atomic E-state index is 0.118. The van der Waals surface area contributed by atoms with Gasteiger partial charge in [-0.1, -0.05) is 6.07 Å². The van der Waals surface area contributed by atoms with Gasteiger partial charge in [0.05, 0.1) is 16.5 Å². The highest BCUT2D eigenvalue weighted by Gasteiger charge is 2.35. The van der Waals surface area contributed by atoms with Crippen LogP contribution in [-0.4, -0.2) is 44.2 Å². The highest BCUT2D eigenvalue weighted by atomic mass is 32.2. The molecule has 1 saturated heterocycles. The number of carbonyl (C=O) groups excluding carboxylic acids is 2. The Morgan fingerprint density at radius 3 is 2.56 bits per heavy atom. The third-order valence-electron chi connectivity index (χ3n) is 5.77. The van der Waals surface area contributed by atoms with E-state index < -0.39 is 15.9 Å². The fraction of sp³-hybridized carbons (Fsp3) is 0.391. The van der Waals surface area contributed by atoms with E-state index in [1.165, 1.54) is 10.4 Å². The summed E-state index contributed by atoms with van der Waals surface area (Å²) in [6.45, 7) is 5.93. The molecule has 2 aliphatic heterocycles. The van der Waals surface area contributed by atoms with Crippen LogP contribution in [0.25, 0.3) is 0 Å². The van der Waals surface area contributed by atoms with Crippen LogP contribution in [0.1, 0.15) is 29.5 Å². The van der Waals surface area contributed by atoms with E-state index in [0.717, 1.165) is 16.8 Å². The first-order valence-corrected chi connectivity index (χ1v) is 12.0. The molecule has 0 unspecified atom stereocenters. The van der Waals surface area contributed by atoms with E-state index in [9.17, 15) is 18.0 Å². The van der Waals surface area contributed by atoms with Crippen LogP contribution >= 0.6 is 0 Å². The Morgan fingerprint density at radius 1 is 1.12 bits per heavy atom. The molecule has 4 rings (SSSR count). The first-order chi connectivity index (χ1) is 15.1. The molecule has 9 heteroatoms. The topological polar surface area (TPSA) is 105 Å². The number of hydrogen-bond donors (Lipinski definition) is 2. The highest BCUT2D eigenvalue weighted by molar-refractivity contribution is 7.89. The quantitative estimate of drug-likeness (QED) is 0.734. The van der Waals surface area contributed by atoms with Crippen molar-refractivity contribution in [1.82, 2.24) is 4.31 Å². The van der Waals surface area contributed by atoms with Crippen LogP contribution in [0.15, 0.2) is 35.2 Å². The molecule has 0 bridgehead atoms. The van der Waals surface area contributed by atoms with Crippen LogP contribution in [0.2, 0.25) is 0 Å². The number of rotatable bonds is 4. The van der Waals surface area contributed by atoms with Gasteiger partial charge in [0, 0.05) is 24.8 Å². The van der Waals surface area contributed by atoms with Crippen molar-refractivity contribution in [2.24, 2.45) is 5.92 Å². The second-order valence-electron chi connectivity index (χ2n) is 8.52. The molecule has 2 aromatic rings. The second kappa shape index (κ2) is 8.55. The molecule has 2 aromatic carbocycles. The van der Waals surface area contributed by atoms with Gasteiger partial charge in [-0.25, -0.2) is 8.42 Å². The van der Waals surface area contributed by atoms with Gasteiger partial charge in [0.25, 0.3) is 5.91 Å². The zero-order chi connectivity index (χ0) is 23.0. The number of nitrogens with one attached hydrogen (secondary N) is 2. The summed E-state index contributed by atoms with van der Waals surface area (Å²) >= 11 is 0. The summed E-state index contributed by atoms with van der Waals surface area (Å²) in [4.78, 5) is 24.6. The van der Waals surface area contributed by atoms with Crippen LogP contribution in [0.5, 0.6) is 5.75 Å². The largest absolute Gasteiger partial charge is 0.482 e. The monoisotopic (exact) mass is 457 g/mol. The van der Waals surface area contributed by atoms with E-state index >= 15 is 0 Å². The van der Waals surface area contributed by atoms with Crippen molar-refractivity contribution >= 4 is 33.2 Å². The third kappa shape index (κ3) is 4.49. The molecule has 0 saturated carbocycles. The van der Waals surface area contributed by atoms with Crippen LogP contribution in [0.3, 0.4) is 0 Å². The predicted molar refractivity (Wildman–Crippen MR) is 121 cm³/mol. The van der Waals surface area contributed by atoms with Crippen LogP contribution in [0.4, 0.5) is 11.4 Å². The van der Waals surface area contributed by atoms with Gasteiger partial charge in [-0.3, -0.25) is 9.59 Å². The minimum atomic E-state index is -3.83. The van der Waals surface area contributed by atoms with Gasteiger partial charge in [-0.15, -0.1) is 0 Å². The summed E-state index contributed by atoms with van der Waals surface area (Å²) in [6, 6.07) is 8.89. The fourth-order valence-electron chi connectivity index (χ4n) is 4.30.